The number of hydrogen-bond donors (Lipinski definition) is 2. The minimum absolute atomic E-state index is 0.235. The Morgan fingerprint density at radius 1 is 1.15 bits per heavy atom. The lowest BCUT2D eigenvalue weighted by Crippen LogP contribution is -2.11. The molecule has 0 bridgehead atoms. The van der Waals surface area contributed by atoms with Gasteiger partial charge in [-0.05, 0) is 30.3 Å². The van der Waals surface area contributed by atoms with Gasteiger partial charge in [0.25, 0.3) is 5.91 Å². The summed E-state index contributed by atoms with van der Waals surface area (Å²) >= 11 is 1.41. The van der Waals surface area contributed by atoms with E-state index in [0.717, 1.165) is 37.8 Å². The number of fused-ring (bicyclic) bond motifs is 4. The zero-order chi connectivity index (χ0) is 18.4. The number of rotatable bonds is 3. The summed E-state index contributed by atoms with van der Waals surface area (Å²) in [6.07, 6.45) is 1.75. The number of aromatic nitrogens is 3. The van der Waals surface area contributed by atoms with Crippen LogP contribution in [0, 0.1) is 0 Å². The van der Waals surface area contributed by atoms with E-state index in [0.29, 0.717) is 10.8 Å². The summed E-state index contributed by atoms with van der Waals surface area (Å²) in [6, 6.07) is 15.3. The first-order valence-corrected chi connectivity index (χ1v) is 9.15. The van der Waals surface area contributed by atoms with Crippen molar-refractivity contribution in [2.75, 3.05) is 12.4 Å². The number of nitrogens with zero attached hydrogens (tertiary/aromatic N) is 2. The fourth-order valence-corrected chi connectivity index (χ4v) is 4.00. The van der Waals surface area contributed by atoms with Crippen LogP contribution in [-0.4, -0.2) is 28.0 Å². The number of nitrogens with one attached hydrogen (secondary N) is 2. The Morgan fingerprint density at radius 3 is 2.93 bits per heavy atom. The average molecular weight is 374 g/mol. The summed E-state index contributed by atoms with van der Waals surface area (Å²) in [7, 11) is 1.62. The van der Waals surface area contributed by atoms with Crippen LogP contribution in [0.2, 0.25) is 0 Å². The highest BCUT2D eigenvalue weighted by Gasteiger charge is 2.14. The van der Waals surface area contributed by atoms with E-state index >= 15 is 0 Å². The van der Waals surface area contributed by atoms with Gasteiger partial charge in [0.15, 0.2) is 5.13 Å². The molecule has 6 nitrogen and oxygen atoms in total. The molecule has 0 aliphatic heterocycles. The number of carbonyl (C=O) groups excluding carboxylic acids is 1. The summed E-state index contributed by atoms with van der Waals surface area (Å²) in [4.78, 5) is 24.8. The highest BCUT2D eigenvalue weighted by Crippen LogP contribution is 2.30. The molecule has 0 atom stereocenters. The van der Waals surface area contributed by atoms with Crippen LogP contribution in [0.5, 0.6) is 5.75 Å². The molecule has 0 aliphatic rings. The zero-order valence-electron chi connectivity index (χ0n) is 14.3. The number of methoxy groups -OCH3 is 1. The largest absolute Gasteiger partial charge is 0.497 e. The molecule has 0 unspecified atom stereocenters. The number of thiazole rings is 1. The maximum atomic E-state index is 12.7. The minimum Gasteiger partial charge on any atom is -0.497 e. The lowest BCUT2D eigenvalue weighted by atomic mass is 10.1. The number of aromatic amines is 1. The van der Waals surface area contributed by atoms with Crippen LogP contribution in [0.3, 0.4) is 0 Å². The maximum absolute atomic E-state index is 12.7. The third kappa shape index (κ3) is 2.69. The number of H-pyrrole nitrogens is 1. The predicted octanol–water partition coefficient (Wildman–Crippen LogP) is 4.59. The third-order valence-electron chi connectivity index (χ3n) is 4.43. The Hall–Kier alpha value is -3.45. The summed E-state index contributed by atoms with van der Waals surface area (Å²) in [5.74, 6) is 0.528. The van der Waals surface area contributed by atoms with Crippen LogP contribution in [0.25, 0.3) is 32.0 Å². The van der Waals surface area contributed by atoms with Crippen molar-refractivity contribution in [1.29, 1.82) is 0 Å². The average Bonchev–Trinajstić information content (AvgIpc) is 3.30. The Morgan fingerprint density at radius 2 is 2.04 bits per heavy atom. The monoisotopic (exact) mass is 374 g/mol. The number of hydrogen-bond acceptors (Lipinski definition) is 5. The van der Waals surface area contributed by atoms with Crippen molar-refractivity contribution in [1.82, 2.24) is 15.0 Å². The van der Waals surface area contributed by atoms with Gasteiger partial charge in [0.1, 0.15) is 11.4 Å². The van der Waals surface area contributed by atoms with Gasteiger partial charge in [0.2, 0.25) is 0 Å². The molecule has 3 aromatic heterocycles. The van der Waals surface area contributed by atoms with Crippen LogP contribution in [0.1, 0.15) is 10.5 Å². The molecule has 2 aromatic carbocycles. The van der Waals surface area contributed by atoms with Crippen molar-refractivity contribution in [2.45, 2.75) is 0 Å². The molecule has 2 N–H and O–H groups in total. The van der Waals surface area contributed by atoms with Gasteiger partial charge in [-0.2, -0.15) is 0 Å². The van der Waals surface area contributed by atoms with Crippen molar-refractivity contribution >= 4 is 54.4 Å². The molecule has 0 saturated carbocycles. The highest BCUT2D eigenvalue weighted by molar-refractivity contribution is 7.22. The molecule has 5 aromatic rings. The van der Waals surface area contributed by atoms with Gasteiger partial charge in [-0.1, -0.05) is 29.5 Å². The lowest BCUT2D eigenvalue weighted by molar-refractivity contribution is 0.102. The summed E-state index contributed by atoms with van der Waals surface area (Å²) in [5, 5.41) is 5.39. The molecule has 0 radical (unpaired) electrons. The van der Waals surface area contributed by atoms with E-state index in [4.69, 9.17) is 4.74 Å². The zero-order valence-corrected chi connectivity index (χ0v) is 15.1. The van der Waals surface area contributed by atoms with Crippen molar-refractivity contribution < 1.29 is 9.53 Å². The van der Waals surface area contributed by atoms with Gasteiger partial charge >= 0.3 is 0 Å². The number of pyridine rings is 1. The van der Waals surface area contributed by atoms with E-state index < -0.39 is 0 Å². The van der Waals surface area contributed by atoms with E-state index in [1.807, 2.05) is 48.5 Å². The third-order valence-corrected chi connectivity index (χ3v) is 5.36. The second-order valence-corrected chi connectivity index (χ2v) is 7.13. The molecule has 7 heteroatoms. The first kappa shape index (κ1) is 15.8. The molecule has 0 fully saturated rings. The van der Waals surface area contributed by atoms with Gasteiger partial charge in [-0.3, -0.25) is 15.1 Å². The van der Waals surface area contributed by atoms with Crippen LogP contribution < -0.4 is 10.1 Å². The Balaban J connectivity index is 1.49. The smallest absolute Gasteiger partial charge is 0.273 e. The first-order chi connectivity index (χ1) is 13.2. The molecule has 0 spiro atoms. The quantitative estimate of drug-likeness (QED) is 0.484. The first-order valence-electron chi connectivity index (χ1n) is 8.34. The van der Waals surface area contributed by atoms with Crippen molar-refractivity contribution in [3.05, 3.63) is 60.4 Å². The van der Waals surface area contributed by atoms with E-state index in [-0.39, 0.29) is 5.91 Å². The van der Waals surface area contributed by atoms with Crippen LogP contribution in [0.4, 0.5) is 5.13 Å². The number of ether oxygens (including phenoxy) is 1. The van der Waals surface area contributed by atoms with Crippen LogP contribution in [0.15, 0.2) is 54.7 Å². The SMILES string of the molecule is COc1ccc2nc(NC(=O)c3cc4ccc5cccnc5c4[nH]3)sc2c1. The van der Waals surface area contributed by atoms with Crippen LogP contribution in [-0.2, 0) is 0 Å². The van der Waals surface area contributed by atoms with E-state index in [2.05, 4.69) is 20.3 Å². The minimum atomic E-state index is -0.235. The Bertz CT molecular complexity index is 1320. The number of amides is 1. The molecule has 5 rings (SSSR count). The fourth-order valence-electron chi connectivity index (χ4n) is 3.11. The maximum Gasteiger partial charge on any atom is 0.273 e. The number of carbonyl (C=O) groups is 1. The lowest BCUT2D eigenvalue weighted by Gasteiger charge is -1.98. The molecule has 27 heavy (non-hydrogen) atoms. The Kier molecular flexibility index (Phi) is 3.54. The van der Waals surface area contributed by atoms with Gasteiger partial charge < -0.3 is 9.72 Å². The Labute approximate surface area is 157 Å². The summed E-state index contributed by atoms with van der Waals surface area (Å²) in [5.41, 5.74) is 3.00. The summed E-state index contributed by atoms with van der Waals surface area (Å²) in [6.45, 7) is 0. The van der Waals surface area contributed by atoms with Gasteiger partial charge in [0.05, 0.1) is 28.4 Å². The number of benzene rings is 2. The fraction of sp³-hybridized carbons (Fsp3) is 0.0500. The molecule has 1 amide bonds. The second-order valence-electron chi connectivity index (χ2n) is 6.09. The standard InChI is InChI=1S/C20H14N4O2S/c1-26-13-6-7-14-16(10-13)27-20(23-14)24-19(25)15-9-12-5-4-11-3-2-8-21-17(11)18(12)22-15/h2-10,22H,1H3,(H,23,24,25). The van der Waals surface area contributed by atoms with E-state index in [1.54, 1.807) is 13.3 Å². The molecule has 0 aliphatic carbocycles. The molecular weight excluding hydrogens is 360 g/mol. The van der Waals surface area contributed by atoms with Gasteiger partial charge in [-0.25, -0.2) is 4.98 Å². The van der Waals surface area contributed by atoms with Gasteiger partial charge in [0, 0.05) is 17.0 Å². The normalized spacial score (nSPS) is 11.3. The molecule has 132 valence electrons. The predicted molar refractivity (Wildman–Crippen MR) is 108 cm³/mol. The van der Waals surface area contributed by atoms with E-state index in [9.17, 15) is 4.79 Å². The molecular formula is C20H14N4O2S. The van der Waals surface area contributed by atoms with E-state index in [1.165, 1.54) is 11.3 Å². The summed E-state index contributed by atoms with van der Waals surface area (Å²) < 4.78 is 6.19. The number of anilines is 1. The van der Waals surface area contributed by atoms with Crippen LogP contribution >= 0.6 is 11.3 Å². The topological polar surface area (TPSA) is 79.9 Å². The van der Waals surface area contributed by atoms with Crippen molar-refractivity contribution in [3.8, 4) is 5.75 Å². The van der Waals surface area contributed by atoms with Crippen molar-refractivity contribution in [2.24, 2.45) is 0 Å². The molecule has 3 heterocycles. The van der Waals surface area contributed by atoms with Gasteiger partial charge in [-0.15, -0.1) is 0 Å². The van der Waals surface area contributed by atoms with Crippen molar-refractivity contribution in [3.63, 3.8) is 0 Å². The molecule has 0 saturated heterocycles. The highest BCUT2D eigenvalue weighted by atomic mass is 32.1. The second kappa shape index (κ2) is 6.07.